The van der Waals surface area contributed by atoms with Crippen LogP contribution in [0, 0.1) is 13.8 Å². The fourth-order valence-corrected chi connectivity index (χ4v) is 5.59. The SMILES string of the molecule is COc1c(NC(=O)c2ccc(C)c(N3C=C(c4cnn(C(C)C)c4C)NN3)c2)cc(C2(C)CC2)cc1NS(C)(=O)=O. The largest absolute Gasteiger partial charge is 0.492 e. The van der Waals surface area contributed by atoms with Gasteiger partial charge >= 0.3 is 0 Å². The summed E-state index contributed by atoms with van der Waals surface area (Å²) in [6, 6.07) is 9.35. The van der Waals surface area contributed by atoms with Gasteiger partial charge in [-0.3, -0.25) is 19.2 Å². The van der Waals surface area contributed by atoms with Crippen LogP contribution in [0.1, 0.15) is 72.4 Å². The van der Waals surface area contributed by atoms with E-state index in [0.717, 1.165) is 52.9 Å². The molecule has 0 unspecified atom stereocenters. The van der Waals surface area contributed by atoms with Gasteiger partial charge in [-0.15, -0.1) is 5.53 Å². The van der Waals surface area contributed by atoms with Crippen molar-refractivity contribution in [3.63, 3.8) is 0 Å². The fourth-order valence-electron chi connectivity index (χ4n) is 5.04. The van der Waals surface area contributed by atoms with Crippen molar-refractivity contribution in [3.8, 4) is 5.75 Å². The minimum atomic E-state index is -3.57. The van der Waals surface area contributed by atoms with Gasteiger partial charge in [0.1, 0.15) is 0 Å². The standard InChI is InChI=1S/C29H37N7O4S/c1-17(2)36-19(4)22(15-30-36)25-16-35(34-32-25)26-12-20(9-8-18(26)3)28(37)31-23-13-21(29(5)10-11-29)14-24(27(23)40-6)33-41(7,38)39/h8-9,12-17,32-34H,10-11H2,1-7H3,(H,31,37). The molecule has 3 aromatic rings. The van der Waals surface area contributed by atoms with Crippen LogP contribution >= 0.6 is 0 Å². The van der Waals surface area contributed by atoms with Crippen molar-refractivity contribution < 1.29 is 17.9 Å². The molecule has 1 aliphatic heterocycles. The number of methoxy groups -OCH3 is 1. The van der Waals surface area contributed by atoms with Crippen LogP contribution in [0.3, 0.4) is 0 Å². The molecular formula is C29H37N7O4S. The molecule has 4 N–H and O–H groups in total. The zero-order valence-electron chi connectivity index (χ0n) is 24.4. The van der Waals surface area contributed by atoms with E-state index in [2.05, 4.69) is 46.9 Å². The highest BCUT2D eigenvalue weighted by molar-refractivity contribution is 7.92. The highest BCUT2D eigenvalue weighted by Gasteiger charge is 2.40. The van der Waals surface area contributed by atoms with E-state index < -0.39 is 10.0 Å². The second kappa shape index (κ2) is 10.4. The Hall–Kier alpha value is -4.03. The minimum absolute atomic E-state index is 0.0702. The summed E-state index contributed by atoms with van der Waals surface area (Å²) in [5.74, 6) is -0.0993. The molecule has 0 bridgehead atoms. The van der Waals surface area contributed by atoms with Gasteiger partial charge in [-0.2, -0.15) is 5.10 Å². The Balaban J connectivity index is 1.44. The van der Waals surface area contributed by atoms with E-state index in [1.54, 1.807) is 18.2 Å². The number of nitrogens with zero attached hydrogens (tertiary/aromatic N) is 3. The van der Waals surface area contributed by atoms with E-state index in [-0.39, 0.29) is 23.1 Å². The molecule has 41 heavy (non-hydrogen) atoms. The van der Waals surface area contributed by atoms with Crippen molar-refractivity contribution in [3.05, 3.63) is 70.7 Å². The quantitative estimate of drug-likeness (QED) is 0.290. The van der Waals surface area contributed by atoms with Crippen molar-refractivity contribution in [1.82, 2.24) is 20.7 Å². The average Bonchev–Trinajstić information content (AvgIpc) is 3.28. The minimum Gasteiger partial charge on any atom is -0.492 e. The lowest BCUT2D eigenvalue weighted by Crippen LogP contribution is -2.36. The maximum atomic E-state index is 13.5. The van der Waals surface area contributed by atoms with Crippen LogP contribution in [-0.2, 0) is 15.4 Å². The van der Waals surface area contributed by atoms with E-state index in [1.165, 1.54) is 7.11 Å². The first-order valence-electron chi connectivity index (χ1n) is 13.5. The number of aryl methyl sites for hydroxylation is 1. The molecule has 1 aromatic heterocycles. The summed E-state index contributed by atoms with van der Waals surface area (Å²) < 4.78 is 34.2. The Morgan fingerprint density at radius 3 is 2.46 bits per heavy atom. The predicted octanol–water partition coefficient (Wildman–Crippen LogP) is 4.59. The molecule has 1 fully saturated rings. The van der Waals surface area contributed by atoms with E-state index in [9.17, 15) is 13.2 Å². The summed E-state index contributed by atoms with van der Waals surface area (Å²) in [6.07, 6.45) is 6.83. The van der Waals surface area contributed by atoms with Gasteiger partial charge in [0.2, 0.25) is 10.0 Å². The summed E-state index contributed by atoms with van der Waals surface area (Å²) in [4.78, 5) is 13.5. The molecule has 1 saturated carbocycles. The van der Waals surface area contributed by atoms with E-state index in [0.29, 0.717) is 16.9 Å². The van der Waals surface area contributed by atoms with Gasteiger partial charge < -0.3 is 15.5 Å². The van der Waals surface area contributed by atoms with Gasteiger partial charge in [-0.05, 0) is 81.3 Å². The van der Waals surface area contributed by atoms with Crippen molar-refractivity contribution >= 4 is 38.7 Å². The first-order chi connectivity index (χ1) is 19.3. The Morgan fingerprint density at radius 1 is 1.15 bits per heavy atom. The van der Waals surface area contributed by atoms with Gasteiger partial charge in [0.15, 0.2) is 5.75 Å². The zero-order chi connectivity index (χ0) is 29.7. The summed E-state index contributed by atoms with van der Waals surface area (Å²) in [5, 5.41) is 9.29. The van der Waals surface area contributed by atoms with Crippen LogP contribution in [0.15, 0.2) is 42.7 Å². The molecular weight excluding hydrogens is 542 g/mol. The second-order valence-electron chi connectivity index (χ2n) is 11.3. The number of carbonyl (C=O) groups is 1. The maximum absolute atomic E-state index is 13.5. The Labute approximate surface area is 240 Å². The van der Waals surface area contributed by atoms with Crippen LogP contribution in [0.25, 0.3) is 5.70 Å². The molecule has 0 spiro atoms. The molecule has 0 atom stereocenters. The van der Waals surface area contributed by atoms with Crippen LogP contribution in [0.5, 0.6) is 5.75 Å². The monoisotopic (exact) mass is 579 g/mol. The third-order valence-corrected chi connectivity index (χ3v) is 8.25. The molecule has 5 rings (SSSR count). The topological polar surface area (TPSA) is 130 Å². The molecule has 0 radical (unpaired) electrons. The van der Waals surface area contributed by atoms with E-state index in [4.69, 9.17) is 4.74 Å². The number of nitrogens with one attached hydrogen (secondary N) is 4. The Kier molecular flexibility index (Phi) is 7.24. The number of sulfonamides is 1. The third-order valence-electron chi connectivity index (χ3n) is 7.66. The third kappa shape index (κ3) is 5.75. The number of carbonyl (C=O) groups excluding carboxylic acids is 1. The second-order valence-corrected chi connectivity index (χ2v) is 13.1. The number of hydrazine groups is 2. The summed E-state index contributed by atoms with van der Waals surface area (Å²) in [6.45, 7) is 10.3. The molecule has 2 aliphatic rings. The van der Waals surface area contributed by atoms with Crippen LogP contribution in [0.4, 0.5) is 17.1 Å². The molecule has 1 amide bonds. The molecule has 218 valence electrons. The number of aromatic nitrogens is 2. The molecule has 0 saturated heterocycles. The Morgan fingerprint density at radius 2 is 1.85 bits per heavy atom. The van der Waals surface area contributed by atoms with Crippen LogP contribution in [0.2, 0.25) is 0 Å². The van der Waals surface area contributed by atoms with Crippen molar-refractivity contribution in [2.45, 2.75) is 58.9 Å². The number of hydrogen-bond donors (Lipinski definition) is 4. The molecule has 11 nitrogen and oxygen atoms in total. The summed E-state index contributed by atoms with van der Waals surface area (Å²) in [5.41, 5.74) is 13.0. The van der Waals surface area contributed by atoms with Gasteiger partial charge in [0, 0.05) is 29.1 Å². The predicted molar refractivity (Wildman–Crippen MR) is 161 cm³/mol. The lowest BCUT2D eigenvalue weighted by molar-refractivity contribution is 0.102. The first kappa shape index (κ1) is 28.5. The average molecular weight is 580 g/mol. The lowest BCUT2D eigenvalue weighted by Gasteiger charge is -2.20. The van der Waals surface area contributed by atoms with Crippen molar-refractivity contribution in [1.29, 1.82) is 0 Å². The van der Waals surface area contributed by atoms with Crippen LogP contribution in [-0.4, -0.2) is 37.5 Å². The number of benzene rings is 2. The van der Waals surface area contributed by atoms with Crippen LogP contribution < -0.4 is 30.7 Å². The van der Waals surface area contributed by atoms with Gasteiger partial charge in [-0.1, -0.05) is 13.0 Å². The summed E-state index contributed by atoms with van der Waals surface area (Å²) in [7, 11) is -2.12. The van der Waals surface area contributed by atoms with Crippen molar-refractivity contribution in [2.75, 3.05) is 28.4 Å². The maximum Gasteiger partial charge on any atom is 0.255 e. The lowest BCUT2D eigenvalue weighted by atomic mass is 9.96. The normalized spacial score (nSPS) is 15.9. The number of rotatable bonds is 9. The highest BCUT2D eigenvalue weighted by atomic mass is 32.2. The summed E-state index contributed by atoms with van der Waals surface area (Å²) >= 11 is 0. The van der Waals surface area contributed by atoms with Gasteiger partial charge in [0.25, 0.3) is 5.91 Å². The van der Waals surface area contributed by atoms with Gasteiger partial charge in [-0.25, -0.2) is 8.42 Å². The van der Waals surface area contributed by atoms with E-state index in [1.807, 2.05) is 48.1 Å². The number of hydrogen-bond acceptors (Lipinski definition) is 8. The smallest absolute Gasteiger partial charge is 0.255 e. The Bertz CT molecular complexity index is 1660. The number of anilines is 3. The first-order valence-corrected chi connectivity index (χ1v) is 15.4. The van der Waals surface area contributed by atoms with E-state index >= 15 is 0 Å². The number of ether oxygens (including phenoxy) is 1. The van der Waals surface area contributed by atoms with Gasteiger partial charge in [0.05, 0.1) is 42.3 Å². The molecule has 12 heteroatoms. The number of amides is 1. The zero-order valence-corrected chi connectivity index (χ0v) is 25.2. The van der Waals surface area contributed by atoms with Crippen molar-refractivity contribution in [2.24, 2.45) is 0 Å². The highest BCUT2D eigenvalue weighted by Crippen LogP contribution is 2.51. The molecule has 1 aliphatic carbocycles. The molecule has 2 aromatic carbocycles. The fraction of sp³-hybridized carbons (Fsp3) is 0.379. The molecule has 2 heterocycles.